The highest BCUT2D eigenvalue weighted by atomic mass is 16.2. The van der Waals surface area contributed by atoms with Crippen LogP contribution in [0.3, 0.4) is 0 Å². The number of nitrogens with zero attached hydrogens (tertiary/aromatic N) is 5. The number of aryl methyl sites for hydroxylation is 1. The number of rotatable bonds is 11. The molecule has 1 aliphatic heterocycles. The number of benzene rings is 2. The van der Waals surface area contributed by atoms with Crippen LogP contribution in [0.5, 0.6) is 0 Å². The fraction of sp³-hybridized carbons (Fsp3) is 0.394. The van der Waals surface area contributed by atoms with E-state index in [2.05, 4.69) is 51.8 Å². The third-order valence-corrected chi connectivity index (χ3v) is 8.12. The third-order valence-electron chi connectivity index (χ3n) is 8.12. The summed E-state index contributed by atoms with van der Waals surface area (Å²) < 4.78 is 0. The molecule has 43 heavy (non-hydrogen) atoms. The largest absolute Gasteiger partial charge is 0.340 e. The molecule has 1 saturated heterocycles. The highest BCUT2D eigenvalue weighted by Gasteiger charge is 2.37. The van der Waals surface area contributed by atoms with Gasteiger partial charge in [0.05, 0.1) is 6.07 Å². The molecule has 3 amide bonds. The molecule has 0 spiro atoms. The molecule has 222 valence electrons. The molecular weight excluding hydrogens is 542 g/mol. The van der Waals surface area contributed by atoms with Crippen LogP contribution in [0.2, 0.25) is 0 Å². The zero-order valence-electron chi connectivity index (χ0n) is 24.4. The number of piperazine rings is 1. The Balaban J connectivity index is 1.18. The lowest BCUT2D eigenvalue weighted by Crippen LogP contribution is -2.55. The molecule has 2 heterocycles. The first-order chi connectivity index (χ1) is 20.9. The molecule has 0 unspecified atom stereocenters. The summed E-state index contributed by atoms with van der Waals surface area (Å²) >= 11 is 0. The quantitative estimate of drug-likeness (QED) is 0.334. The van der Waals surface area contributed by atoms with Crippen molar-refractivity contribution in [1.82, 2.24) is 30.4 Å². The topological polar surface area (TPSA) is 131 Å². The van der Waals surface area contributed by atoms with Crippen molar-refractivity contribution in [2.24, 2.45) is 0 Å². The summed E-state index contributed by atoms with van der Waals surface area (Å²) in [6, 6.07) is 19.1. The maximum atomic E-state index is 13.6. The number of nitrogens with one attached hydrogen (secondary N) is 2. The van der Waals surface area contributed by atoms with Gasteiger partial charge in [0.15, 0.2) is 5.82 Å². The van der Waals surface area contributed by atoms with Gasteiger partial charge in [0.1, 0.15) is 12.5 Å². The summed E-state index contributed by atoms with van der Waals surface area (Å²) in [6.07, 6.45) is 5.47. The Morgan fingerprint density at radius 1 is 0.977 bits per heavy atom. The molecule has 3 atom stereocenters. The summed E-state index contributed by atoms with van der Waals surface area (Å²) in [5, 5.41) is 15.4. The summed E-state index contributed by atoms with van der Waals surface area (Å²) in [5.74, 6) is 0.388. The second-order valence-electron chi connectivity index (χ2n) is 11.2. The van der Waals surface area contributed by atoms with Gasteiger partial charge in [-0.25, -0.2) is 9.97 Å². The number of carbonyl (C=O) groups is 3. The zero-order valence-corrected chi connectivity index (χ0v) is 24.4. The number of carbonyl (C=O) groups excluding carboxylic acids is 3. The van der Waals surface area contributed by atoms with Crippen LogP contribution in [-0.2, 0) is 9.59 Å². The third kappa shape index (κ3) is 7.81. The predicted octanol–water partition coefficient (Wildman–Crippen LogP) is 3.06. The molecule has 10 nitrogen and oxygen atoms in total. The van der Waals surface area contributed by atoms with E-state index in [1.165, 1.54) is 11.1 Å². The molecule has 10 heteroatoms. The second kappa shape index (κ2) is 14.0. The lowest BCUT2D eigenvalue weighted by atomic mass is 10.1. The van der Waals surface area contributed by atoms with Crippen molar-refractivity contribution in [2.45, 2.75) is 50.6 Å². The maximum absolute atomic E-state index is 13.6. The normalized spacial score (nSPS) is 18.4. The molecule has 0 radical (unpaired) electrons. The number of hydrogen-bond acceptors (Lipinski definition) is 7. The molecule has 2 fully saturated rings. The first-order valence-corrected chi connectivity index (χ1v) is 14.8. The van der Waals surface area contributed by atoms with E-state index in [0.29, 0.717) is 55.9 Å². The van der Waals surface area contributed by atoms with Gasteiger partial charge in [-0.1, -0.05) is 42.0 Å². The van der Waals surface area contributed by atoms with Crippen LogP contribution < -0.4 is 10.6 Å². The molecule has 2 aliphatic rings. The highest BCUT2D eigenvalue weighted by Crippen LogP contribution is 2.40. The van der Waals surface area contributed by atoms with E-state index in [1.54, 1.807) is 52.5 Å². The van der Waals surface area contributed by atoms with Crippen LogP contribution in [0, 0.1) is 18.3 Å². The van der Waals surface area contributed by atoms with Crippen molar-refractivity contribution < 1.29 is 14.4 Å². The minimum absolute atomic E-state index is 0.154. The molecule has 2 N–H and O–H groups in total. The Hall–Kier alpha value is -4.62. The monoisotopic (exact) mass is 579 g/mol. The smallest absolute Gasteiger partial charge is 0.251 e. The fourth-order valence-electron chi connectivity index (χ4n) is 5.49. The van der Waals surface area contributed by atoms with Gasteiger partial charge in [-0.05, 0) is 56.5 Å². The van der Waals surface area contributed by atoms with Gasteiger partial charge in [0, 0.05) is 61.7 Å². The predicted molar refractivity (Wildman–Crippen MR) is 162 cm³/mol. The van der Waals surface area contributed by atoms with Gasteiger partial charge >= 0.3 is 0 Å². The van der Waals surface area contributed by atoms with Gasteiger partial charge < -0.3 is 20.4 Å². The van der Waals surface area contributed by atoms with Crippen molar-refractivity contribution in [2.75, 3.05) is 32.7 Å². The van der Waals surface area contributed by atoms with Gasteiger partial charge in [-0.3, -0.25) is 14.4 Å². The van der Waals surface area contributed by atoms with Crippen LogP contribution in [0.4, 0.5) is 0 Å². The van der Waals surface area contributed by atoms with Crippen LogP contribution in [0.1, 0.15) is 53.1 Å². The van der Waals surface area contributed by atoms with Crippen molar-refractivity contribution in [3.8, 4) is 17.5 Å². The minimum Gasteiger partial charge on any atom is -0.340 e. The van der Waals surface area contributed by atoms with E-state index in [4.69, 9.17) is 5.26 Å². The molecule has 1 aliphatic carbocycles. The SMILES string of the molecule is Cc1ccc([C@@H]2C[C@H]2NCCC[C@H](NC(=O)c2ccc(-c3ncccn3)cc2)C(=O)N2CCN(C(=O)CC#N)CC2)cc1. The van der Waals surface area contributed by atoms with Crippen LogP contribution in [-0.4, -0.2) is 82.3 Å². The first-order valence-electron chi connectivity index (χ1n) is 14.8. The summed E-state index contributed by atoms with van der Waals surface area (Å²) in [4.78, 5) is 50.8. The number of aromatic nitrogens is 2. The lowest BCUT2D eigenvalue weighted by Gasteiger charge is -2.36. The Kier molecular flexibility index (Phi) is 9.74. The van der Waals surface area contributed by atoms with Crippen LogP contribution >= 0.6 is 0 Å². The number of hydrogen-bond donors (Lipinski definition) is 2. The molecule has 1 saturated carbocycles. The Labute approximate surface area is 252 Å². The molecule has 5 rings (SSSR count). The van der Waals surface area contributed by atoms with E-state index in [9.17, 15) is 14.4 Å². The number of amides is 3. The lowest BCUT2D eigenvalue weighted by molar-refractivity contribution is -0.140. The Morgan fingerprint density at radius 3 is 2.33 bits per heavy atom. The molecule has 3 aromatic rings. The average Bonchev–Trinajstić information content (AvgIpc) is 3.82. The van der Waals surface area contributed by atoms with E-state index in [-0.39, 0.29) is 24.1 Å². The van der Waals surface area contributed by atoms with Crippen molar-refractivity contribution in [3.05, 3.63) is 83.7 Å². The fourth-order valence-corrected chi connectivity index (χ4v) is 5.49. The molecular formula is C33H37N7O3. The minimum atomic E-state index is -0.695. The van der Waals surface area contributed by atoms with E-state index in [0.717, 1.165) is 24.9 Å². The highest BCUT2D eigenvalue weighted by molar-refractivity contribution is 5.98. The van der Waals surface area contributed by atoms with Crippen molar-refractivity contribution >= 4 is 17.7 Å². The first kappa shape index (κ1) is 29.9. The van der Waals surface area contributed by atoms with Crippen molar-refractivity contribution in [1.29, 1.82) is 5.26 Å². The Bertz CT molecular complexity index is 1450. The number of nitriles is 1. The molecule has 1 aromatic heterocycles. The summed E-state index contributed by atoms with van der Waals surface area (Å²) in [5.41, 5.74) is 3.84. The van der Waals surface area contributed by atoms with E-state index < -0.39 is 6.04 Å². The maximum Gasteiger partial charge on any atom is 0.251 e. The summed E-state index contributed by atoms with van der Waals surface area (Å²) in [7, 11) is 0. The van der Waals surface area contributed by atoms with Gasteiger partial charge in [-0.15, -0.1) is 0 Å². The standard InChI is InChI=1S/C33H37N7O3/c1-23-5-7-24(8-6-23)27-22-29(27)35-15-2-4-28(33(43)40-20-18-39(19-21-40)30(41)13-14-34)38-32(42)26-11-9-25(10-12-26)31-36-16-3-17-37-31/h3,5-12,16-17,27-29,35H,2,4,13,15,18-22H2,1H3,(H,38,42)/t27-,28-,29+/m0/s1. The van der Waals surface area contributed by atoms with Crippen LogP contribution in [0.25, 0.3) is 11.4 Å². The van der Waals surface area contributed by atoms with Gasteiger partial charge in [-0.2, -0.15) is 5.26 Å². The van der Waals surface area contributed by atoms with Gasteiger partial charge in [0.2, 0.25) is 11.8 Å². The summed E-state index contributed by atoms with van der Waals surface area (Å²) in [6.45, 7) is 4.32. The molecule has 2 aromatic carbocycles. The van der Waals surface area contributed by atoms with Crippen molar-refractivity contribution in [3.63, 3.8) is 0 Å². The zero-order chi connectivity index (χ0) is 30.2. The second-order valence-corrected chi connectivity index (χ2v) is 11.2. The van der Waals surface area contributed by atoms with E-state index >= 15 is 0 Å². The average molecular weight is 580 g/mol. The van der Waals surface area contributed by atoms with E-state index in [1.807, 2.05) is 6.07 Å². The Morgan fingerprint density at radius 2 is 1.65 bits per heavy atom. The van der Waals surface area contributed by atoms with Gasteiger partial charge in [0.25, 0.3) is 5.91 Å². The van der Waals surface area contributed by atoms with Crippen LogP contribution in [0.15, 0.2) is 67.0 Å². The molecule has 0 bridgehead atoms.